The molecule has 3 saturated carbocycles. The van der Waals surface area contributed by atoms with Crippen molar-refractivity contribution in [1.82, 2.24) is 9.62 Å². The van der Waals surface area contributed by atoms with Gasteiger partial charge in [0.25, 0.3) is 0 Å². The molecule has 136 valence electrons. The summed E-state index contributed by atoms with van der Waals surface area (Å²) in [5.74, 6) is 0.303. The first-order valence-corrected chi connectivity index (χ1v) is 11.5. The van der Waals surface area contributed by atoms with Gasteiger partial charge in [-0.25, -0.2) is 8.42 Å². The van der Waals surface area contributed by atoms with E-state index in [1.165, 1.54) is 19.3 Å². The second-order valence-electron chi connectivity index (χ2n) is 8.35. The van der Waals surface area contributed by atoms with Gasteiger partial charge in [-0.15, -0.1) is 0 Å². The molecule has 2 atom stereocenters. The molecule has 0 aromatic carbocycles. The smallest absolute Gasteiger partial charge is 0.228 e. The van der Waals surface area contributed by atoms with Gasteiger partial charge in [0.1, 0.15) is 0 Å². The summed E-state index contributed by atoms with van der Waals surface area (Å²) in [6, 6.07) is 0.373. The highest BCUT2D eigenvalue weighted by atomic mass is 32.2. The van der Waals surface area contributed by atoms with E-state index < -0.39 is 15.4 Å². The van der Waals surface area contributed by atoms with Gasteiger partial charge in [-0.2, -0.15) is 4.31 Å². The molecule has 4 aliphatic rings. The number of carbonyl (C=O) groups is 1. The highest BCUT2D eigenvalue weighted by Crippen LogP contribution is 2.50. The minimum absolute atomic E-state index is 0.0962. The van der Waals surface area contributed by atoms with Crippen LogP contribution in [0.25, 0.3) is 0 Å². The third kappa shape index (κ3) is 2.90. The van der Waals surface area contributed by atoms with E-state index in [1.807, 2.05) is 0 Å². The Kier molecular flexibility index (Phi) is 4.40. The number of amides is 1. The van der Waals surface area contributed by atoms with Crippen LogP contribution in [0.4, 0.5) is 0 Å². The van der Waals surface area contributed by atoms with Crippen molar-refractivity contribution in [3.8, 4) is 0 Å². The van der Waals surface area contributed by atoms with Crippen LogP contribution in [0, 0.1) is 5.41 Å². The Morgan fingerprint density at radius 1 is 0.917 bits per heavy atom. The second kappa shape index (κ2) is 6.27. The molecule has 0 bridgehead atoms. The van der Waals surface area contributed by atoms with Crippen LogP contribution in [-0.4, -0.2) is 42.5 Å². The third-order valence-electron chi connectivity index (χ3n) is 6.72. The lowest BCUT2D eigenvalue weighted by atomic mass is 9.67. The molecule has 0 radical (unpaired) electrons. The predicted molar refractivity (Wildman–Crippen MR) is 93.0 cm³/mol. The van der Waals surface area contributed by atoms with Crippen molar-refractivity contribution < 1.29 is 13.2 Å². The van der Waals surface area contributed by atoms with Crippen molar-refractivity contribution in [3.05, 3.63) is 0 Å². The number of nitrogens with one attached hydrogen (secondary N) is 1. The highest BCUT2D eigenvalue weighted by Gasteiger charge is 2.58. The topological polar surface area (TPSA) is 66.5 Å². The van der Waals surface area contributed by atoms with Crippen LogP contribution in [0.5, 0.6) is 0 Å². The van der Waals surface area contributed by atoms with Gasteiger partial charge in [0, 0.05) is 18.1 Å². The fourth-order valence-electron chi connectivity index (χ4n) is 5.26. The van der Waals surface area contributed by atoms with Crippen molar-refractivity contribution in [2.75, 3.05) is 5.75 Å². The summed E-state index contributed by atoms with van der Waals surface area (Å²) >= 11 is 0. The summed E-state index contributed by atoms with van der Waals surface area (Å²) < 4.78 is 27.1. The Morgan fingerprint density at radius 2 is 1.62 bits per heavy atom. The van der Waals surface area contributed by atoms with Crippen LogP contribution >= 0.6 is 0 Å². The van der Waals surface area contributed by atoms with Gasteiger partial charge in [-0.1, -0.05) is 32.1 Å². The van der Waals surface area contributed by atoms with Gasteiger partial charge in [-0.05, 0) is 44.9 Å². The Morgan fingerprint density at radius 3 is 2.33 bits per heavy atom. The minimum atomic E-state index is -3.18. The molecule has 3 aliphatic carbocycles. The van der Waals surface area contributed by atoms with Crippen LogP contribution in [0.2, 0.25) is 0 Å². The summed E-state index contributed by atoms with van der Waals surface area (Å²) in [5.41, 5.74) is -0.469. The molecule has 4 fully saturated rings. The molecule has 1 N–H and O–H groups in total. The van der Waals surface area contributed by atoms with Crippen molar-refractivity contribution in [2.24, 2.45) is 5.41 Å². The van der Waals surface area contributed by atoms with E-state index in [9.17, 15) is 13.2 Å². The number of sulfonamides is 1. The first kappa shape index (κ1) is 16.8. The monoisotopic (exact) mass is 354 g/mol. The molecule has 0 aromatic rings. The lowest BCUT2D eigenvalue weighted by Crippen LogP contribution is -2.64. The molecule has 1 aliphatic heterocycles. The molecular formula is C18H30N2O3S. The van der Waals surface area contributed by atoms with Crippen LogP contribution in [-0.2, 0) is 14.8 Å². The SMILES string of the molecule is O=C(NC1CCCCC1)[C@@]12CCCC[C@H]1N(C1CC1)S(=O)(=O)CC2. The maximum absolute atomic E-state index is 13.3. The molecule has 5 nitrogen and oxygen atoms in total. The quantitative estimate of drug-likeness (QED) is 0.847. The van der Waals surface area contributed by atoms with Gasteiger partial charge in [0.2, 0.25) is 15.9 Å². The Balaban J connectivity index is 1.59. The molecule has 24 heavy (non-hydrogen) atoms. The number of rotatable bonds is 3. The van der Waals surface area contributed by atoms with Gasteiger partial charge in [0.15, 0.2) is 0 Å². The number of carbonyl (C=O) groups excluding carboxylic acids is 1. The average molecular weight is 355 g/mol. The molecule has 4 rings (SSSR count). The third-order valence-corrected chi connectivity index (χ3v) is 8.64. The van der Waals surface area contributed by atoms with E-state index >= 15 is 0 Å². The average Bonchev–Trinajstić information content (AvgIpc) is 3.39. The standard InChI is InChI=1S/C18H30N2O3S/c21-17(19-14-6-2-1-3-7-14)18-11-5-4-8-16(18)20(15-9-10-15)24(22,23)13-12-18/h14-16H,1-13H2,(H,19,21)/t16-,18-/m1/s1. The van der Waals surface area contributed by atoms with E-state index in [0.29, 0.717) is 12.5 Å². The summed E-state index contributed by atoms with van der Waals surface area (Å²) in [5, 5.41) is 3.33. The lowest BCUT2D eigenvalue weighted by molar-refractivity contribution is -0.138. The maximum atomic E-state index is 13.3. The van der Waals surface area contributed by atoms with Crippen LogP contribution in [0.1, 0.15) is 77.0 Å². The number of hydrogen-bond donors (Lipinski definition) is 1. The van der Waals surface area contributed by atoms with E-state index in [4.69, 9.17) is 0 Å². The van der Waals surface area contributed by atoms with Crippen molar-refractivity contribution in [2.45, 2.75) is 95.2 Å². The predicted octanol–water partition coefficient (Wildman–Crippen LogP) is 2.56. The molecule has 1 heterocycles. The fourth-order valence-corrected chi connectivity index (χ4v) is 7.45. The molecule has 0 unspecified atom stereocenters. The molecule has 0 spiro atoms. The Hall–Kier alpha value is -0.620. The van der Waals surface area contributed by atoms with E-state index in [2.05, 4.69) is 5.32 Å². The van der Waals surface area contributed by atoms with Crippen molar-refractivity contribution in [1.29, 1.82) is 0 Å². The minimum Gasteiger partial charge on any atom is -0.353 e. The summed E-state index contributed by atoms with van der Waals surface area (Å²) in [6.07, 6.45) is 12.1. The Bertz CT molecular complexity index is 595. The van der Waals surface area contributed by atoms with Gasteiger partial charge < -0.3 is 5.32 Å². The first-order chi connectivity index (χ1) is 11.5. The number of hydrogen-bond acceptors (Lipinski definition) is 3. The van der Waals surface area contributed by atoms with Crippen LogP contribution < -0.4 is 5.32 Å². The van der Waals surface area contributed by atoms with Crippen LogP contribution in [0.3, 0.4) is 0 Å². The summed E-state index contributed by atoms with van der Waals surface area (Å²) in [7, 11) is -3.18. The molecule has 1 saturated heterocycles. The zero-order valence-electron chi connectivity index (χ0n) is 14.5. The zero-order chi connectivity index (χ0) is 16.8. The van der Waals surface area contributed by atoms with E-state index in [1.54, 1.807) is 4.31 Å². The summed E-state index contributed by atoms with van der Waals surface area (Å²) in [6.45, 7) is 0. The summed E-state index contributed by atoms with van der Waals surface area (Å²) in [4.78, 5) is 13.3. The van der Waals surface area contributed by atoms with Crippen molar-refractivity contribution in [3.63, 3.8) is 0 Å². The zero-order valence-corrected chi connectivity index (χ0v) is 15.3. The first-order valence-electron chi connectivity index (χ1n) is 9.85. The van der Waals surface area contributed by atoms with Gasteiger partial charge in [-0.3, -0.25) is 4.79 Å². The number of fused-ring (bicyclic) bond motifs is 1. The fraction of sp³-hybridized carbons (Fsp3) is 0.944. The molecule has 1 amide bonds. The lowest BCUT2D eigenvalue weighted by Gasteiger charge is -2.51. The largest absolute Gasteiger partial charge is 0.353 e. The molecule has 0 aromatic heterocycles. The normalized spacial score (nSPS) is 37.6. The van der Waals surface area contributed by atoms with Crippen LogP contribution in [0.15, 0.2) is 0 Å². The Labute approximate surface area is 145 Å². The van der Waals surface area contributed by atoms with Gasteiger partial charge >= 0.3 is 0 Å². The maximum Gasteiger partial charge on any atom is 0.228 e. The van der Waals surface area contributed by atoms with E-state index in [0.717, 1.165) is 51.4 Å². The van der Waals surface area contributed by atoms with E-state index in [-0.39, 0.29) is 23.7 Å². The van der Waals surface area contributed by atoms with Gasteiger partial charge in [0.05, 0.1) is 11.2 Å². The number of nitrogens with zero attached hydrogens (tertiary/aromatic N) is 1. The van der Waals surface area contributed by atoms with Crippen molar-refractivity contribution >= 4 is 15.9 Å². The second-order valence-corrected chi connectivity index (χ2v) is 10.3. The molecule has 6 heteroatoms. The highest BCUT2D eigenvalue weighted by molar-refractivity contribution is 7.89. The molecular weight excluding hydrogens is 324 g/mol.